The lowest BCUT2D eigenvalue weighted by Gasteiger charge is -2.40. The number of nitrogens with zero attached hydrogens (tertiary/aromatic N) is 5. The summed E-state index contributed by atoms with van der Waals surface area (Å²) in [6, 6.07) is 17.2. The molecule has 4 aromatic rings. The lowest BCUT2D eigenvalue weighted by molar-refractivity contribution is 0.0590. The van der Waals surface area contributed by atoms with Gasteiger partial charge in [0.25, 0.3) is 11.8 Å². The van der Waals surface area contributed by atoms with Gasteiger partial charge in [-0.05, 0) is 81.2 Å². The number of piperidine rings is 2. The predicted octanol–water partition coefficient (Wildman–Crippen LogP) is 4.95. The number of pyridine rings is 1. The van der Waals surface area contributed by atoms with Crippen molar-refractivity contribution in [2.75, 3.05) is 38.5 Å². The summed E-state index contributed by atoms with van der Waals surface area (Å²) < 4.78 is 7.96. The highest BCUT2D eigenvalue weighted by atomic mass is 16.5. The molecule has 0 saturated carbocycles. The Hall–Kier alpha value is -4.44. The van der Waals surface area contributed by atoms with Gasteiger partial charge >= 0.3 is 0 Å². The van der Waals surface area contributed by atoms with Gasteiger partial charge in [0.2, 0.25) is 5.95 Å². The highest BCUT2D eigenvalue weighted by molar-refractivity contribution is 5.95. The maximum Gasteiger partial charge on any atom is 0.269 e. The summed E-state index contributed by atoms with van der Waals surface area (Å²) in [5.41, 5.74) is 3.54. The second-order valence-corrected chi connectivity index (χ2v) is 11.0. The minimum Gasteiger partial charge on any atom is -0.457 e. The molecule has 0 spiro atoms. The molecule has 2 aliphatic heterocycles. The lowest BCUT2D eigenvalue weighted by Crippen LogP contribution is -2.48. The molecule has 6 rings (SSSR count). The third-order valence-electron chi connectivity index (χ3n) is 8.33. The number of imidazole rings is 1. The molecule has 0 aliphatic carbocycles. The van der Waals surface area contributed by atoms with E-state index in [-0.39, 0.29) is 17.5 Å². The first-order valence-corrected chi connectivity index (χ1v) is 14.7. The number of ether oxygens (including phenoxy) is 1. The van der Waals surface area contributed by atoms with Crippen molar-refractivity contribution < 1.29 is 14.3 Å². The number of benzene rings is 2. The van der Waals surface area contributed by atoms with E-state index in [0.717, 1.165) is 42.7 Å². The van der Waals surface area contributed by atoms with E-state index in [1.165, 1.54) is 32.4 Å². The van der Waals surface area contributed by atoms with E-state index >= 15 is 0 Å². The summed E-state index contributed by atoms with van der Waals surface area (Å²) >= 11 is 0. The Bertz CT molecular complexity index is 1570. The molecular formula is C32H37N7O3. The summed E-state index contributed by atoms with van der Waals surface area (Å²) in [7, 11) is 3.51. The zero-order valence-corrected chi connectivity index (χ0v) is 24.2. The Morgan fingerprint density at radius 2 is 1.64 bits per heavy atom. The number of nitrogens with one attached hydrogen (secondary N) is 2. The molecule has 2 aliphatic rings. The standard InChI is InChI=1S/C32H37N7O3/c1-33-30(40)28-21-26(12-15-34-28)42-25-10-11-29-27(20-25)36-32(37(29)2)35-23-8-6-22(7-9-23)31(41)39-18-13-24(14-19-39)38-16-4-3-5-17-38/h6-12,15,20-21,24H,3-5,13-14,16-19H2,1-2H3,(H,33,40)(H,35,36). The van der Waals surface area contributed by atoms with Crippen LogP contribution in [0.4, 0.5) is 11.6 Å². The second-order valence-electron chi connectivity index (χ2n) is 11.0. The van der Waals surface area contributed by atoms with Gasteiger partial charge in [0.15, 0.2) is 0 Å². The number of carbonyl (C=O) groups excluding carboxylic acids is 2. The van der Waals surface area contributed by atoms with Crippen molar-refractivity contribution in [3.05, 3.63) is 72.1 Å². The molecule has 10 nitrogen and oxygen atoms in total. The van der Waals surface area contributed by atoms with Crippen molar-refractivity contribution in [2.45, 2.75) is 38.1 Å². The molecule has 2 saturated heterocycles. The Kier molecular flexibility index (Phi) is 8.05. The molecule has 2 fully saturated rings. The molecule has 2 N–H and O–H groups in total. The molecule has 0 bridgehead atoms. The zero-order valence-electron chi connectivity index (χ0n) is 24.2. The number of aryl methyl sites for hydroxylation is 1. The minimum absolute atomic E-state index is 0.102. The van der Waals surface area contributed by atoms with Gasteiger partial charge in [0.1, 0.15) is 17.2 Å². The van der Waals surface area contributed by atoms with Crippen LogP contribution in [0.2, 0.25) is 0 Å². The molecule has 2 amide bonds. The first kappa shape index (κ1) is 27.7. The van der Waals surface area contributed by atoms with E-state index in [1.807, 2.05) is 59.0 Å². The van der Waals surface area contributed by atoms with E-state index in [9.17, 15) is 9.59 Å². The maximum absolute atomic E-state index is 13.2. The SMILES string of the molecule is CNC(=O)c1cc(Oc2ccc3c(c2)nc(Nc2ccc(C(=O)N4CCC(N5CCCCC5)CC4)cc2)n3C)ccn1. The number of likely N-dealkylation sites (tertiary alicyclic amines) is 2. The first-order valence-electron chi connectivity index (χ1n) is 14.7. The molecule has 2 aromatic carbocycles. The van der Waals surface area contributed by atoms with Gasteiger partial charge in [0.05, 0.1) is 11.0 Å². The third kappa shape index (κ3) is 5.94. The van der Waals surface area contributed by atoms with Crippen LogP contribution in [0, 0.1) is 0 Å². The Balaban J connectivity index is 1.09. The van der Waals surface area contributed by atoms with Crippen LogP contribution in [0.1, 0.15) is 53.0 Å². The quantitative estimate of drug-likeness (QED) is 0.326. The second kappa shape index (κ2) is 12.2. The summed E-state index contributed by atoms with van der Waals surface area (Å²) in [5.74, 6) is 1.61. The molecular weight excluding hydrogens is 530 g/mol. The molecule has 4 heterocycles. The van der Waals surface area contributed by atoms with E-state index in [1.54, 1.807) is 25.4 Å². The zero-order chi connectivity index (χ0) is 29.1. The molecule has 0 radical (unpaired) electrons. The Morgan fingerprint density at radius 3 is 2.38 bits per heavy atom. The summed E-state index contributed by atoms with van der Waals surface area (Å²) in [4.78, 5) is 38.6. The van der Waals surface area contributed by atoms with Crippen molar-refractivity contribution in [2.24, 2.45) is 7.05 Å². The minimum atomic E-state index is -0.276. The molecule has 218 valence electrons. The molecule has 42 heavy (non-hydrogen) atoms. The number of anilines is 2. The Morgan fingerprint density at radius 1 is 0.905 bits per heavy atom. The van der Waals surface area contributed by atoms with Crippen molar-refractivity contribution >= 4 is 34.5 Å². The largest absolute Gasteiger partial charge is 0.457 e. The van der Waals surface area contributed by atoms with Crippen LogP contribution < -0.4 is 15.4 Å². The van der Waals surface area contributed by atoms with Gasteiger partial charge in [-0.1, -0.05) is 6.42 Å². The molecule has 10 heteroatoms. The van der Waals surface area contributed by atoms with Crippen LogP contribution in [-0.4, -0.2) is 75.4 Å². The smallest absolute Gasteiger partial charge is 0.269 e. The van der Waals surface area contributed by atoms with Gasteiger partial charge in [-0.15, -0.1) is 0 Å². The van der Waals surface area contributed by atoms with Gasteiger partial charge in [-0.2, -0.15) is 0 Å². The van der Waals surface area contributed by atoms with Crippen LogP contribution >= 0.6 is 0 Å². The van der Waals surface area contributed by atoms with Crippen LogP contribution in [0.15, 0.2) is 60.8 Å². The first-order chi connectivity index (χ1) is 20.5. The summed E-state index contributed by atoms with van der Waals surface area (Å²) in [5, 5.41) is 5.94. The highest BCUT2D eigenvalue weighted by Crippen LogP contribution is 2.29. The summed E-state index contributed by atoms with van der Waals surface area (Å²) in [6.07, 6.45) is 7.62. The number of fused-ring (bicyclic) bond motifs is 1. The van der Waals surface area contributed by atoms with Crippen molar-refractivity contribution in [1.82, 2.24) is 29.7 Å². The van der Waals surface area contributed by atoms with E-state index in [2.05, 4.69) is 20.5 Å². The van der Waals surface area contributed by atoms with Crippen molar-refractivity contribution in [1.29, 1.82) is 0 Å². The molecule has 0 atom stereocenters. The number of hydrogen-bond donors (Lipinski definition) is 2. The average Bonchev–Trinajstić information content (AvgIpc) is 3.35. The van der Waals surface area contributed by atoms with Gasteiger partial charge < -0.3 is 29.7 Å². The van der Waals surface area contributed by atoms with E-state index < -0.39 is 0 Å². The lowest BCUT2D eigenvalue weighted by atomic mass is 9.99. The fraction of sp³-hybridized carbons (Fsp3) is 0.375. The van der Waals surface area contributed by atoms with Gasteiger partial charge in [-0.3, -0.25) is 14.6 Å². The number of hydrogen-bond acceptors (Lipinski definition) is 7. The number of aromatic nitrogens is 3. The van der Waals surface area contributed by atoms with Crippen molar-refractivity contribution in [3.63, 3.8) is 0 Å². The normalized spacial score (nSPS) is 16.4. The van der Waals surface area contributed by atoms with Crippen LogP contribution in [0.25, 0.3) is 11.0 Å². The van der Waals surface area contributed by atoms with E-state index in [4.69, 9.17) is 9.72 Å². The van der Waals surface area contributed by atoms with Crippen molar-refractivity contribution in [3.8, 4) is 11.5 Å². The molecule has 2 aromatic heterocycles. The monoisotopic (exact) mass is 567 g/mol. The number of amides is 2. The molecule has 0 unspecified atom stereocenters. The highest BCUT2D eigenvalue weighted by Gasteiger charge is 2.28. The summed E-state index contributed by atoms with van der Waals surface area (Å²) in [6.45, 7) is 4.06. The van der Waals surface area contributed by atoms with Gasteiger partial charge in [-0.25, -0.2) is 4.98 Å². The third-order valence-corrected chi connectivity index (χ3v) is 8.33. The van der Waals surface area contributed by atoms with Crippen LogP contribution in [-0.2, 0) is 7.05 Å². The fourth-order valence-corrected chi connectivity index (χ4v) is 5.94. The fourth-order valence-electron chi connectivity index (χ4n) is 5.94. The van der Waals surface area contributed by atoms with Crippen LogP contribution in [0.3, 0.4) is 0 Å². The average molecular weight is 568 g/mol. The van der Waals surface area contributed by atoms with Gasteiger partial charge in [0, 0.05) is 62.8 Å². The van der Waals surface area contributed by atoms with E-state index in [0.29, 0.717) is 29.1 Å². The topological polar surface area (TPSA) is 105 Å². The van der Waals surface area contributed by atoms with Crippen LogP contribution in [0.5, 0.6) is 11.5 Å². The maximum atomic E-state index is 13.2. The Labute approximate surface area is 245 Å². The number of rotatable bonds is 7. The number of carbonyl (C=O) groups is 2. The predicted molar refractivity (Wildman–Crippen MR) is 162 cm³/mol.